The summed E-state index contributed by atoms with van der Waals surface area (Å²) in [4.78, 5) is 4.64. The fraction of sp³-hybridized carbons (Fsp3) is 0.0556. The van der Waals surface area contributed by atoms with Gasteiger partial charge in [0.2, 0.25) is 0 Å². The minimum atomic E-state index is 0.409. The molecule has 4 rings (SSSR count). The van der Waals surface area contributed by atoms with Crippen LogP contribution in [0.3, 0.4) is 0 Å². The standard InChI is InChI=1S/C18H14ClN5OS/c1-25-15-5-3-2-4-14(15)24-17(20)16(22-23-24)18-21-13(10-26-18)11-6-8-12(19)9-7-11/h2-10H,20H2,1H3. The number of thiazole rings is 1. The Bertz CT molecular complexity index is 1060. The topological polar surface area (TPSA) is 78.8 Å². The molecular formula is C18H14ClN5OS. The lowest BCUT2D eigenvalue weighted by molar-refractivity contribution is 0.411. The third-order valence-corrected chi connectivity index (χ3v) is 4.97. The van der Waals surface area contributed by atoms with Crippen molar-refractivity contribution in [1.29, 1.82) is 0 Å². The minimum absolute atomic E-state index is 0.409. The Hall–Kier alpha value is -2.90. The summed E-state index contributed by atoms with van der Waals surface area (Å²) in [5.74, 6) is 1.07. The molecule has 130 valence electrons. The maximum Gasteiger partial charge on any atom is 0.165 e. The van der Waals surface area contributed by atoms with Gasteiger partial charge in [0.05, 0.1) is 12.8 Å². The number of anilines is 1. The van der Waals surface area contributed by atoms with Crippen molar-refractivity contribution in [1.82, 2.24) is 20.0 Å². The zero-order valence-corrected chi connectivity index (χ0v) is 15.3. The normalized spacial score (nSPS) is 10.8. The highest BCUT2D eigenvalue weighted by Gasteiger charge is 2.18. The molecule has 0 spiro atoms. The summed E-state index contributed by atoms with van der Waals surface area (Å²) in [6, 6.07) is 15.0. The van der Waals surface area contributed by atoms with E-state index in [-0.39, 0.29) is 0 Å². The summed E-state index contributed by atoms with van der Waals surface area (Å²) in [6.45, 7) is 0. The van der Waals surface area contributed by atoms with E-state index in [9.17, 15) is 0 Å². The summed E-state index contributed by atoms with van der Waals surface area (Å²) >= 11 is 7.40. The number of para-hydroxylation sites is 2. The number of benzene rings is 2. The Balaban J connectivity index is 1.72. The lowest BCUT2D eigenvalue weighted by atomic mass is 10.2. The molecular weight excluding hydrogens is 370 g/mol. The van der Waals surface area contributed by atoms with Crippen LogP contribution in [0.1, 0.15) is 0 Å². The van der Waals surface area contributed by atoms with Crippen molar-refractivity contribution in [2.24, 2.45) is 0 Å². The molecule has 0 aliphatic carbocycles. The van der Waals surface area contributed by atoms with Crippen LogP contribution in [0.15, 0.2) is 53.9 Å². The Morgan fingerprint density at radius 1 is 1.12 bits per heavy atom. The van der Waals surface area contributed by atoms with Gasteiger partial charge in [0.1, 0.15) is 16.4 Å². The Kier molecular flexibility index (Phi) is 4.32. The van der Waals surface area contributed by atoms with Gasteiger partial charge in [0, 0.05) is 16.0 Å². The van der Waals surface area contributed by atoms with Gasteiger partial charge in [-0.15, -0.1) is 16.4 Å². The average molecular weight is 384 g/mol. The van der Waals surface area contributed by atoms with E-state index in [1.54, 1.807) is 11.8 Å². The molecule has 0 saturated carbocycles. The summed E-state index contributed by atoms with van der Waals surface area (Å²) in [5, 5.41) is 11.7. The third-order valence-electron chi connectivity index (χ3n) is 3.87. The molecule has 4 aromatic rings. The largest absolute Gasteiger partial charge is 0.494 e. The van der Waals surface area contributed by atoms with Gasteiger partial charge in [0.25, 0.3) is 0 Å². The second kappa shape index (κ2) is 6.78. The van der Waals surface area contributed by atoms with Gasteiger partial charge in [-0.25, -0.2) is 4.98 Å². The molecule has 0 radical (unpaired) electrons. The molecule has 2 N–H and O–H groups in total. The van der Waals surface area contributed by atoms with Crippen LogP contribution < -0.4 is 10.5 Å². The number of nitrogens with two attached hydrogens (primary N) is 1. The Morgan fingerprint density at radius 2 is 1.88 bits per heavy atom. The summed E-state index contributed by atoms with van der Waals surface area (Å²) in [7, 11) is 1.60. The van der Waals surface area contributed by atoms with Gasteiger partial charge in [-0.1, -0.05) is 41.1 Å². The first-order chi connectivity index (χ1) is 12.7. The van der Waals surface area contributed by atoms with Crippen molar-refractivity contribution >= 4 is 28.8 Å². The van der Waals surface area contributed by atoms with E-state index in [0.717, 1.165) is 16.9 Å². The first-order valence-corrected chi connectivity index (χ1v) is 8.99. The number of methoxy groups -OCH3 is 1. The number of hydrogen-bond acceptors (Lipinski definition) is 6. The summed E-state index contributed by atoms with van der Waals surface area (Å²) in [5.41, 5.74) is 9.38. The van der Waals surface area contributed by atoms with Gasteiger partial charge >= 0.3 is 0 Å². The summed E-state index contributed by atoms with van der Waals surface area (Å²) in [6.07, 6.45) is 0. The van der Waals surface area contributed by atoms with E-state index >= 15 is 0 Å². The van der Waals surface area contributed by atoms with Gasteiger partial charge in [-0.2, -0.15) is 4.68 Å². The van der Waals surface area contributed by atoms with Crippen LogP contribution in [0.25, 0.3) is 27.6 Å². The van der Waals surface area contributed by atoms with Crippen LogP contribution >= 0.6 is 22.9 Å². The number of nitrogen functional groups attached to an aromatic ring is 1. The van der Waals surface area contributed by atoms with Crippen LogP contribution in [0.4, 0.5) is 5.82 Å². The molecule has 26 heavy (non-hydrogen) atoms. The lowest BCUT2D eigenvalue weighted by Gasteiger charge is -2.08. The number of ether oxygens (including phenoxy) is 1. The third kappa shape index (κ3) is 2.91. The molecule has 0 aliphatic heterocycles. The van der Waals surface area contributed by atoms with Crippen molar-refractivity contribution in [3.63, 3.8) is 0 Å². The molecule has 0 aliphatic rings. The number of rotatable bonds is 4. The first kappa shape index (κ1) is 16.6. The highest BCUT2D eigenvalue weighted by atomic mass is 35.5. The number of hydrogen-bond donors (Lipinski definition) is 1. The molecule has 0 unspecified atom stereocenters. The predicted molar refractivity (Wildman–Crippen MR) is 104 cm³/mol. The van der Waals surface area contributed by atoms with E-state index in [0.29, 0.717) is 27.3 Å². The predicted octanol–water partition coefficient (Wildman–Crippen LogP) is 4.30. The van der Waals surface area contributed by atoms with Gasteiger partial charge in [-0.3, -0.25) is 0 Å². The second-order valence-electron chi connectivity index (χ2n) is 5.45. The molecule has 0 bridgehead atoms. The summed E-state index contributed by atoms with van der Waals surface area (Å²) < 4.78 is 6.93. The van der Waals surface area contributed by atoms with Crippen molar-refractivity contribution in [3.8, 4) is 33.4 Å². The smallest absolute Gasteiger partial charge is 0.165 e. The van der Waals surface area contributed by atoms with E-state index in [2.05, 4.69) is 15.3 Å². The lowest BCUT2D eigenvalue weighted by Crippen LogP contribution is -2.04. The van der Waals surface area contributed by atoms with Gasteiger partial charge in [-0.05, 0) is 24.3 Å². The van der Waals surface area contributed by atoms with E-state index < -0.39 is 0 Å². The SMILES string of the molecule is COc1ccccc1-n1nnc(-c2nc(-c3ccc(Cl)cc3)cs2)c1N. The molecule has 0 saturated heterocycles. The molecule has 2 aromatic heterocycles. The Labute approximate surface area is 158 Å². The zero-order valence-electron chi connectivity index (χ0n) is 13.8. The fourth-order valence-corrected chi connectivity index (χ4v) is 3.51. The van der Waals surface area contributed by atoms with Crippen LogP contribution in [-0.4, -0.2) is 27.1 Å². The monoisotopic (exact) mass is 383 g/mol. The molecule has 8 heteroatoms. The zero-order chi connectivity index (χ0) is 18.1. The van der Waals surface area contributed by atoms with E-state index in [1.807, 2.05) is 53.9 Å². The van der Waals surface area contributed by atoms with Gasteiger partial charge in [0.15, 0.2) is 11.5 Å². The highest BCUT2D eigenvalue weighted by Crippen LogP contribution is 2.33. The maximum atomic E-state index is 6.29. The van der Waals surface area contributed by atoms with Crippen molar-refractivity contribution in [2.75, 3.05) is 12.8 Å². The van der Waals surface area contributed by atoms with Crippen molar-refractivity contribution in [2.45, 2.75) is 0 Å². The van der Waals surface area contributed by atoms with Crippen LogP contribution in [0, 0.1) is 0 Å². The molecule has 0 amide bonds. The number of aromatic nitrogens is 4. The van der Waals surface area contributed by atoms with Crippen molar-refractivity contribution in [3.05, 3.63) is 58.9 Å². The maximum absolute atomic E-state index is 6.29. The quantitative estimate of drug-likeness (QED) is 0.568. The average Bonchev–Trinajstić information content (AvgIpc) is 3.29. The highest BCUT2D eigenvalue weighted by molar-refractivity contribution is 7.13. The van der Waals surface area contributed by atoms with Crippen LogP contribution in [0.2, 0.25) is 5.02 Å². The molecule has 2 heterocycles. The van der Waals surface area contributed by atoms with E-state index in [1.165, 1.54) is 11.3 Å². The second-order valence-corrected chi connectivity index (χ2v) is 6.75. The molecule has 2 aromatic carbocycles. The first-order valence-electron chi connectivity index (χ1n) is 7.74. The number of nitrogens with zero attached hydrogens (tertiary/aromatic N) is 4. The molecule has 0 atom stereocenters. The molecule has 6 nitrogen and oxygen atoms in total. The minimum Gasteiger partial charge on any atom is -0.494 e. The number of halogens is 1. The van der Waals surface area contributed by atoms with Crippen molar-refractivity contribution < 1.29 is 4.74 Å². The Morgan fingerprint density at radius 3 is 2.65 bits per heavy atom. The van der Waals surface area contributed by atoms with Crippen LogP contribution in [-0.2, 0) is 0 Å². The fourth-order valence-electron chi connectivity index (χ4n) is 2.56. The van der Waals surface area contributed by atoms with Crippen LogP contribution in [0.5, 0.6) is 5.75 Å². The molecule has 0 fully saturated rings. The van der Waals surface area contributed by atoms with E-state index in [4.69, 9.17) is 22.1 Å². The van der Waals surface area contributed by atoms with Gasteiger partial charge < -0.3 is 10.5 Å².